The molecule has 0 saturated heterocycles. The maximum absolute atomic E-state index is 12.5. The number of hydrogen-bond donors (Lipinski definition) is 1. The summed E-state index contributed by atoms with van der Waals surface area (Å²) in [5.74, 6) is 1.46. The van der Waals surface area contributed by atoms with Crippen molar-refractivity contribution in [3.05, 3.63) is 60.2 Å². The number of aromatic nitrogens is 3. The summed E-state index contributed by atoms with van der Waals surface area (Å²) < 4.78 is 5.11. The van der Waals surface area contributed by atoms with Gasteiger partial charge in [0.05, 0.1) is 12.4 Å². The average molecular weight is 339 g/mol. The summed E-state index contributed by atoms with van der Waals surface area (Å²) in [7, 11) is 1.60. The minimum absolute atomic E-state index is 0.0358. The van der Waals surface area contributed by atoms with Gasteiger partial charge in [0.1, 0.15) is 5.75 Å². The number of benzene rings is 2. The monoisotopic (exact) mass is 339 g/mol. The van der Waals surface area contributed by atoms with Crippen molar-refractivity contribution in [2.45, 2.75) is 17.3 Å². The Morgan fingerprint density at radius 1 is 1.12 bits per heavy atom. The number of thioether (sulfide) groups is 1. The van der Waals surface area contributed by atoms with Crippen LogP contribution in [0.4, 0.5) is 0 Å². The summed E-state index contributed by atoms with van der Waals surface area (Å²) >= 11 is 1.34. The van der Waals surface area contributed by atoms with E-state index >= 15 is 0 Å². The number of hydrogen-bond acceptors (Lipinski definition) is 5. The van der Waals surface area contributed by atoms with E-state index in [2.05, 4.69) is 15.2 Å². The van der Waals surface area contributed by atoms with Crippen molar-refractivity contribution in [1.82, 2.24) is 15.2 Å². The van der Waals surface area contributed by atoms with Gasteiger partial charge in [0.15, 0.2) is 11.6 Å². The first-order chi connectivity index (χ1) is 11.7. The molecule has 0 saturated carbocycles. The van der Waals surface area contributed by atoms with Crippen LogP contribution < -0.4 is 4.74 Å². The smallest absolute Gasteiger partial charge is 0.209 e. The highest BCUT2D eigenvalue weighted by Gasteiger charge is 2.19. The van der Waals surface area contributed by atoms with E-state index in [0.717, 1.165) is 11.3 Å². The number of ketones is 1. The molecule has 1 N–H and O–H groups in total. The predicted octanol–water partition coefficient (Wildman–Crippen LogP) is 3.84. The zero-order valence-electron chi connectivity index (χ0n) is 13.4. The highest BCUT2D eigenvalue weighted by atomic mass is 32.2. The Morgan fingerprint density at radius 2 is 1.83 bits per heavy atom. The van der Waals surface area contributed by atoms with Crippen LogP contribution in [0.2, 0.25) is 0 Å². The maximum atomic E-state index is 12.5. The van der Waals surface area contributed by atoms with Gasteiger partial charge < -0.3 is 4.74 Å². The third-order valence-electron chi connectivity index (χ3n) is 3.54. The van der Waals surface area contributed by atoms with E-state index < -0.39 is 0 Å². The summed E-state index contributed by atoms with van der Waals surface area (Å²) in [6.45, 7) is 1.86. The zero-order valence-corrected chi connectivity index (χ0v) is 14.2. The Kier molecular flexibility index (Phi) is 4.96. The zero-order chi connectivity index (χ0) is 16.9. The van der Waals surface area contributed by atoms with Gasteiger partial charge in [0.25, 0.3) is 0 Å². The number of carbonyl (C=O) groups is 1. The quantitative estimate of drug-likeness (QED) is 0.546. The highest BCUT2D eigenvalue weighted by molar-refractivity contribution is 8.00. The van der Waals surface area contributed by atoms with Crippen molar-refractivity contribution in [3.63, 3.8) is 0 Å². The number of Topliss-reactive ketones (excluding diaryl/α,β-unsaturated/α-hetero) is 1. The fourth-order valence-electron chi connectivity index (χ4n) is 2.23. The highest BCUT2D eigenvalue weighted by Crippen LogP contribution is 2.25. The number of carbonyl (C=O) groups excluding carboxylic acids is 1. The summed E-state index contributed by atoms with van der Waals surface area (Å²) in [4.78, 5) is 16.9. The van der Waals surface area contributed by atoms with Crippen LogP contribution in [0.3, 0.4) is 0 Å². The van der Waals surface area contributed by atoms with Gasteiger partial charge >= 0.3 is 0 Å². The largest absolute Gasteiger partial charge is 0.497 e. The van der Waals surface area contributed by atoms with Gasteiger partial charge in [-0.25, -0.2) is 4.98 Å². The number of ether oxygens (including phenoxy) is 1. The van der Waals surface area contributed by atoms with Crippen LogP contribution in [-0.4, -0.2) is 33.3 Å². The van der Waals surface area contributed by atoms with Gasteiger partial charge in [0, 0.05) is 11.1 Å². The fourth-order valence-corrected chi connectivity index (χ4v) is 3.03. The lowest BCUT2D eigenvalue weighted by molar-refractivity contribution is 0.0994. The molecule has 0 fully saturated rings. The van der Waals surface area contributed by atoms with Crippen molar-refractivity contribution in [2.24, 2.45) is 0 Å². The maximum Gasteiger partial charge on any atom is 0.209 e. The molecule has 2 aromatic carbocycles. The van der Waals surface area contributed by atoms with Crippen LogP contribution >= 0.6 is 11.8 Å². The molecule has 6 heteroatoms. The van der Waals surface area contributed by atoms with Crippen LogP contribution in [0, 0.1) is 0 Å². The molecule has 0 radical (unpaired) electrons. The van der Waals surface area contributed by atoms with Gasteiger partial charge in [-0.1, -0.05) is 42.1 Å². The first-order valence-corrected chi connectivity index (χ1v) is 8.38. The lowest BCUT2D eigenvalue weighted by Gasteiger charge is -2.08. The SMILES string of the molecule is COc1ccc(C(=O)[C@@H](C)Sc2n[nH]c(-c3ccccc3)n2)cc1. The molecule has 0 aliphatic carbocycles. The number of aromatic amines is 1. The average Bonchev–Trinajstić information content (AvgIpc) is 3.10. The number of nitrogens with zero attached hydrogens (tertiary/aromatic N) is 2. The molecule has 0 aliphatic rings. The molecule has 1 atom stereocenters. The van der Waals surface area contributed by atoms with E-state index in [4.69, 9.17) is 4.74 Å². The molecule has 0 amide bonds. The molecule has 1 aromatic heterocycles. The Balaban J connectivity index is 1.69. The second kappa shape index (κ2) is 7.31. The van der Waals surface area contributed by atoms with Gasteiger partial charge in [-0.2, -0.15) is 0 Å². The van der Waals surface area contributed by atoms with Gasteiger partial charge in [-0.3, -0.25) is 9.89 Å². The molecule has 3 rings (SSSR count). The molecule has 1 heterocycles. The molecule has 3 aromatic rings. The van der Waals surface area contributed by atoms with Crippen LogP contribution in [0.5, 0.6) is 5.75 Å². The van der Waals surface area contributed by atoms with Gasteiger partial charge in [-0.05, 0) is 31.2 Å². The number of rotatable bonds is 6. The first-order valence-electron chi connectivity index (χ1n) is 7.50. The van der Waals surface area contributed by atoms with Crippen molar-refractivity contribution < 1.29 is 9.53 Å². The standard InChI is InChI=1S/C18H17N3O2S/c1-12(16(22)13-8-10-15(23-2)11-9-13)24-18-19-17(20-21-18)14-6-4-3-5-7-14/h3-12H,1-2H3,(H,19,20,21)/t12-/m1/s1. The van der Waals surface area contributed by atoms with Crippen molar-refractivity contribution in [3.8, 4) is 17.1 Å². The summed E-state index contributed by atoms with van der Waals surface area (Å²) in [6.07, 6.45) is 0. The van der Waals surface area contributed by atoms with E-state index in [0.29, 0.717) is 16.5 Å². The molecular weight excluding hydrogens is 322 g/mol. The second-order valence-electron chi connectivity index (χ2n) is 5.19. The Hall–Kier alpha value is -2.60. The van der Waals surface area contributed by atoms with E-state index in [1.54, 1.807) is 31.4 Å². The Bertz CT molecular complexity index is 816. The van der Waals surface area contributed by atoms with E-state index in [-0.39, 0.29) is 11.0 Å². The fraction of sp³-hybridized carbons (Fsp3) is 0.167. The van der Waals surface area contributed by atoms with Crippen LogP contribution in [0.1, 0.15) is 17.3 Å². The molecule has 5 nitrogen and oxygen atoms in total. The topological polar surface area (TPSA) is 67.9 Å². The lowest BCUT2D eigenvalue weighted by Crippen LogP contribution is -2.13. The molecule has 0 aliphatic heterocycles. The van der Waals surface area contributed by atoms with Crippen LogP contribution in [-0.2, 0) is 0 Å². The minimum atomic E-state index is -0.280. The van der Waals surface area contributed by atoms with Gasteiger partial charge in [-0.15, -0.1) is 5.10 Å². The third kappa shape index (κ3) is 3.65. The molecule has 0 unspecified atom stereocenters. The third-order valence-corrected chi connectivity index (χ3v) is 4.50. The summed E-state index contributed by atoms with van der Waals surface area (Å²) in [6, 6.07) is 16.9. The number of nitrogens with one attached hydrogen (secondary N) is 1. The van der Waals surface area contributed by atoms with E-state index in [1.165, 1.54) is 11.8 Å². The lowest BCUT2D eigenvalue weighted by atomic mass is 10.1. The summed E-state index contributed by atoms with van der Waals surface area (Å²) in [5, 5.41) is 7.38. The summed E-state index contributed by atoms with van der Waals surface area (Å²) in [5.41, 5.74) is 1.61. The second-order valence-corrected chi connectivity index (χ2v) is 6.49. The van der Waals surface area contributed by atoms with Crippen molar-refractivity contribution in [1.29, 1.82) is 0 Å². The molecular formula is C18H17N3O2S. The van der Waals surface area contributed by atoms with E-state index in [1.807, 2.05) is 37.3 Å². The van der Waals surface area contributed by atoms with Crippen LogP contribution in [0.25, 0.3) is 11.4 Å². The van der Waals surface area contributed by atoms with Crippen molar-refractivity contribution in [2.75, 3.05) is 7.11 Å². The first kappa shape index (κ1) is 16.3. The van der Waals surface area contributed by atoms with Crippen LogP contribution in [0.15, 0.2) is 59.8 Å². The predicted molar refractivity (Wildman–Crippen MR) is 94.5 cm³/mol. The normalized spacial score (nSPS) is 11.9. The van der Waals surface area contributed by atoms with Crippen molar-refractivity contribution >= 4 is 17.5 Å². The number of H-pyrrole nitrogens is 1. The molecule has 122 valence electrons. The number of methoxy groups -OCH3 is 1. The molecule has 0 spiro atoms. The Labute approximate surface area is 144 Å². The minimum Gasteiger partial charge on any atom is -0.497 e. The Morgan fingerprint density at radius 3 is 2.50 bits per heavy atom. The van der Waals surface area contributed by atoms with E-state index in [9.17, 15) is 4.79 Å². The van der Waals surface area contributed by atoms with Gasteiger partial charge in [0.2, 0.25) is 5.16 Å². The molecule has 0 bridgehead atoms. The molecule has 24 heavy (non-hydrogen) atoms.